The summed E-state index contributed by atoms with van der Waals surface area (Å²) in [6, 6.07) is 15.6. The van der Waals surface area contributed by atoms with E-state index in [0.29, 0.717) is 43.8 Å². The van der Waals surface area contributed by atoms with Crippen LogP contribution in [-0.4, -0.2) is 25.7 Å². The number of aromatic nitrogens is 1. The third-order valence-corrected chi connectivity index (χ3v) is 6.01. The molecule has 2 aromatic carbocycles. The van der Waals surface area contributed by atoms with E-state index in [4.69, 9.17) is 11.6 Å². The summed E-state index contributed by atoms with van der Waals surface area (Å²) in [5.41, 5.74) is 3.10. The first-order chi connectivity index (χ1) is 13.3. The molecule has 0 saturated carbocycles. The molecule has 1 aromatic heterocycles. The van der Waals surface area contributed by atoms with E-state index in [2.05, 4.69) is 14.7 Å². The third kappa shape index (κ3) is 3.41. The number of nitrogens with zero attached hydrogens (tertiary/aromatic N) is 2. The number of nitrogens with one attached hydrogen (secondary N) is 1. The largest absolute Gasteiger partial charge is 0.338 e. The van der Waals surface area contributed by atoms with Gasteiger partial charge in [-0.15, -0.1) is 4.40 Å². The van der Waals surface area contributed by atoms with Gasteiger partial charge in [0.2, 0.25) is 0 Å². The first-order valence-corrected chi connectivity index (χ1v) is 10.2. The molecule has 0 amide bonds. The van der Waals surface area contributed by atoms with E-state index in [0.717, 1.165) is 0 Å². The number of halogens is 1. The average molecular weight is 414 g/mol. The number of hydrogen-bond acceptors (Lipinski definition) is 6. The Balaban J connectivity index is 1.68. The highest BCUT2D eigenvalue weighted by atomic mass is 35.5. The van der Waals surface area contributed by atoms with Crippen LogP contribution in [0.25, 0.3) is 11.3 Å². The molecule has 8 heteroatoms. The highest BCUT2D eigenvalue weighted by molar-refractivity contribution is 8.23. The molecule has 6 nitrogen and oxygen atoms in total. The molecule has 0 bridgehead atoms. The molecule has 0 aliphatic carbocycles. The number of pyridine rings is 1. The van der Waals surface area contributed by atoms with Gasteiger partial charge >= 0.3 is 0 Å². The summed E-state index contributed by atoms with van der Waals surface area (Å²) >= 11 is 6.21. The first-order valence-electron chi connectivity index (χ1n) is 8.37. The van der Waals surface area contributed by atoms with Crippen LogP contribution in [0.2, 0.25) is 5.02 Å². The van der Waals surface area contributed by atoms with Crippen LogP contribution in [0, 0.1) is 0 Å². The van der Waals surface area contributed by atoms with Crippen LogP contribution < -0.4 is 5.32 Å². The lowest BCUT2D eigenvalue weighted by Gasteiger charge is -2.23. The fourth-order valence-corrected chi connectivity index (χ4v) is 4.40. The van der Waals surface area contributed by atoms with Crippen LogP contribution in [0.4, 0.5) is 5.69 Å². The van der Waals surface area contributed by atoms with Gasteiger partial charge < -0.3 is 5.32 Å². The molecule has 3 N–H and O–H groups in total. The molecule has 0 radical (unpaired) electrons. The number of Topliss-reactive ketones (excluding diaryl/α,β-unsaturated/α-hetero) is 1. The number of hydrogen-bond donors (Lipinski definition) is 3. The lowest BCUT2D eigenvalue weighted by atomic mass is 10.1. The van der Waals surface area contributed by atoms with E-state index in [-0.39, 0.29) is 5.78 Å². The lowest BCUT2D eigenvalue weighted by molar-refractivity contribution is 0.101. The summed E-state index contributed by atoms with van der Waals surface area (Å²) in [6.45, 7) is 1.50. The van der Waals surface area contributed by atoms with Gasteiger partial charge in [0.05, 0.1) is 15.6 Å². The van der Waals surface area contributed by atoms with Crippen molar-refractivity contribution in [3.63, 3.8) is 0 Å². The minimum Gasteiger partial charge on any atom is -0.338 e. The molecule has 0 spiro atoms. The van der Waals surface area contributed by atoms with E-state index in [1.54, 1.807) is 54.7 Å². The molecule has 2 heterocycles. The van der Waals surface area contributed by atoms with Crippen molar-refractivity contribution >= 4 is 39.7 Å². The zero-order chi connectivity index (χ0) is 19.9. The predicted octanol–water partition coefficient (Wildman–Crippen LogP) is 5.50. The van der Waals surface area contributed by atoms with Crippen molar-refractivity contribution in [3.8, 4) is 11.3 Å². The Morgan fingerprint density at radius 2 is 1.86 bits per heavy atom. The molecule has 0 fully saturated rings. The highest BCUT2D eigenvalue weighted by Crippen LogP contribution is 2.56. The van der Waals surface area contributed by atoms with E-state index in [1.165, 1.54) is 6.92 Å². The van der Waals surface area contributed by atoms with Crippen molar-refractivity contribution in [1.82, 2.24) is 4.98 Å². The van der Waals surface area contributed by atoms with Gasteiger partial charge in [-0.1, -0.05) is 28.4 Å². The molecular formula is C20H16ClN3O3S. The predicted molar refractivity (Wildman–Crippen MR) is 112 cm³/mol. The van der Waals surface area contributed by atoms with Gasteiger partial charge in [-0.3, -0.25) is 18.9 Å². The fraction of sp³-hybridized carbons (Fsp3) is 0.0500. The van der Waals surface area contributed by atoms with Crippen LogP contribution in [0.15, 0.2) is 70.1 Å². The number of rotatable bonds is 3. The number of amidine groups is 1. The van der Waals surface area contributed by atoms with Crippen molar-refractivity contribution in [2.45, 2.75) is 11.8 Å². The summed E-state index contributed by atoms with van der Waals surface area (Å²) in [5.74, 6) is 0.328. The molecule has 1 aliphatic heterocycles. The number of benzene rings is 2. The second-order valence-corrected chi connectivity index (χ2v) is 8.33. The molecular weight excluding hydrogens is 398 g/mol. The molecule has 28 heavy (non-hydrogen) atoms. The van der Waals surface area contributed by atoms with Crippen molar-refractivity contribution in [2.75, 3.05) is 5.32 Å². The van der Waals surface area contributed by atoms with Gasteiger partial charge in [-0.25, -0.2) is 0 Å². The van der Waals surface area contributed by atoms with E-state index in [1.807, 2.05) is 6.07 Å². The Morgan fingerprint density at radius 1 is 1.11 bits per heavy atom. The quantitative estimate of drug-likeness (QED) is 0.492. The van der Waals surface area contributed by atoms with Crippen molar-refractivity contribution in [1.29, 1.82) is 0 Å². The standard InChI is InChI=1S/C20H16ClN3O3S/c1-12(25)13-4-7-15(8-5-13)23-20-16-9-6-14(11-18(16)28(26,27)24-20)19-17(21)3-2-10-22-19/h2-11,26-27H,1H3,(H,23,24). The Kier molecular flexibility index (Phi) is 4.68. The molecule has 142 valence electrons. The summed E-state index contributed by atoms with van der Waals surface area (Å²) < 4.78 is 25.0. The van der Waals surface area contributed by atoms with Crippen LogP contribution in [0.5, 0.6) is 0 Å². The Hall–Kier alpha value is -2.71. The maximum atomic E-state index is 11.4. The number of carbonyl (C=O) groups is 1. The first kappa shape index (κ1) is 18.6. The van der Waals surface area contributed by atoms with E-state index < -0.39 is 10.8 Å². The SMILES string of the molecule is CC(=O)c1ccc(NC2=NS(O)(O)c3cc(-c4ncccc4Cl)ccc32)cc1. The van der Waals surface area contributed by atoms with E-state index in [9.17, 15) is 13.9 Å². The maximum Gasteiger partial charge on any atom is 0.159 e. The monoisotopic (exact) mass is 413 g/mol. The second kappa shape index (κ2) is 7.03. The van der Waals surface area contributed by atoms with Crippen LogP contribution in [-0.2, 0) is 0 Å². The van der Waals surface area contributed by atoms with Crippen LogP contribution >= 0.6 is 22.4 Å². The Labute approximate surface area is 168 Å². The van der Waals surface area contributed by atoms with Gasteiger partial charge in [0.15, 0.2) is 11.6 Å². The second-order valence-electron chi connectivity index (χ2n) is 6.26. The highest BCUT2D eigenvalue weighted by Gasteiger charge is 2.30. The third-order valence-electron chi connectivity index (χ3n) is 4.34. The number of ketones is 1. The number of anilines is 1. The van der Waals surface area contributed by atoms with Gasteiger partial charge in [0.25, 0.3) is 0 Å². The molecule has 0 atom stereocenters. The van der Waals surface area contributed by atoms with Gasteiger partial charge in [-0.2, -0.15) is 0 Å². The summed E-state index contributed by atoms with van der Waals surface area (Å²) in [6.07, 6.45) is 1.63. The molecule has 4 rings (SSSR count). The van der Waals surface area contributed by atoms with Gasteiger partial charge in [0.1, 0.15) is 0 Å². The van der Waals surface area contributed by atoms with Crippen LogP contribution in [0.3, 0.4) is 0 Å². The summed E-state index contributed by atoms with van der Waals surface area (Å²) in [7, 11) is -3.34. The van der Waals surface area contributed by atoms with Gasteiger partial charge in [-0.05, 0) is 55.5 Å². The molecule has 0 saturated heterocycles. The maximum absolute atomic E-state index is 11.4. The van der Waals surface area contributed by atoms with E-state index >= 15 is 0 Å². The lowest BCUT2D eigenvalue weighted by Crippen LogP contribution is -2.11. The minimum absolute atomic E-state index is 0.0232. The summed E-state index contributed by atoms with van der Waals surface area (Å²) in [5, 5.41) is 3.56. The summed E-state index contributed by atoms with van der Waals surface area (Å²) in [4.78, 5) is 16.0. The Bertz CT molecular complexity index is 1110. The smallest absolute Gasteiger partial charge is 0.159 e. The van der Waals surface area contributed by atoms with Crippen molar-refractivity contribution in [3.05, 3.63) is 76.9 Å². The average Bonchev–Trinajstić information content (AvgIpc) is 2.92. The normalized spacial score (nSPS) is 15.5. The minimum atomic E-state index is -3.34. The Morgan fingerprint density at radius 3 is 2.54 bits per heavy atom. The zero-order valence-electron chi connectivity index (χ0n) is 14.8. The van der Waals surface area contributed by atoms with Crippen molar-refractivity contribution < 1.29 is 13.9 Å². The zero-order valence-corrected chi connectivity index (χ0v) is 16.3. The van der Waals surface area contributed by atoms with Crippen LogP contribution in [0.1, 0.15) is 22.8 Å². The van der Waals surface area contributed by atoms with Gasteiger partial charge in [0, 0.05) is 28.6 Å². The molecule has 1 aliphatic rings. The molecule has 0 unspecified atom stereocenters. The number of fused-ring (bicyclic) bond motifs is 1. The number of carbonyl (C=O) groups excluding carboxylic acids is 1. The topological polar surface area (TPSA) is 94.8 Å². The fourth-order valence-electron chi connectivity index (χ4n) is 2.93. The molecule has 3 aromatic rings. The van der Waals surface area contributed by atoms with Crippen molar-refractivity contribution in [2.24, 2.45) is 4.40 Å².